The van der Waals surface area contributed by atoms with Gasteiger partial charge in [-0.2, -0.15) is 13.2 Å². The summed E-state index contributed by atoms with van der Waals surface area (Å²) in [6, 6.07) is 0. The Balaban J connectivity index is 3.87. The molecule has 0 aromatic carbocycles. The Hall–Kier alpha value is -0.980. The SMILES string of the molecule is COC(=O)N(N)CC(F)(F)F. The Morgan fingerprint density at radius 2 is 2.09 bits per heavy atom. The van der Waals surface area contributed by atoms with Crippen LogP contribution in [0, 0.1) is 0 Å². The van der Waals surface area contributed by atoms with Gasteiger partial charge in [-0.25, -0.2) is 15.6 Å². The van der Waals surface area contributed by atoms with E-state index in [9.17, 15) is 18.0 Å². The third-order valence-electron chi connectivity index (χ3n) is 0.759. The fourth-order valence-corrected chi connectivity index (χ4v) is 0.375. The lowest BCUT2D eigenvalue weighted by atomic mass is 10.6. The monoisotopic (exact) mass is 172 g/mol. The molecule has 0 aliphatic rings. The highest BCUT2D eigenvalue weighted by Crippen LogP contribution is 2.14. The highest BCUT2D eigenvalue weighted by Gasteiger charge is 2.32. The normalized spacial score (nSPS) is 11.0. The van der Waals surface area contributed by atoms with Crippen LogP contribution in [0.15, 0.2) is 0 Å². The Labute approximate surface area is 60.7 Å². The van der Waals surface area contributed by atoms with Crippen LogP contribution in [-0.2, 0) is 4.74 Å². The maximum Gasteiger partial charge on any atom is 0.424 e. The van der Waals surface area contributed by atoms with Crippen molar-refractivity contribution in [1.82, 2.24) is 5.01 Å². The van der Waals surface area contributed by atoms with Crippen molar-refractivity contribution in [3.05, 3.63) is 0 Å². The molecule has 0 atom stereocenters. The summed E-state index contributed by atoms with van der Waals surface area (Å²) in [7, 11) is 0.943. The average molecular weight is 172 g/mol. The minimum Gasteiger partial charge on any atom is -0.452 e. The molecule has 1 amide bonds. The highest BCUT2D eigenvalue weighted by atomic mass is 19.4. The van der Waals surface area contributed by atoms with Gasteiger partial charge in [0.1, 0.15) is 6.54 Å². The van der Waals surface area contributed by atoms with Crippen LogP contribution in [0.5, 0.6) is 0 Å². The largest absolute Gasteiger partial charge is 0.452 e. The van der Waals surface area contributed by atoms with Crippen LogP contribution in [0.2, 0.25) is 0 Å². The molecular weight excluding hydrogens is 165 g/mol. The van der Waals surface area contributed by atoms with E-state index in [-0.39, 0.29) is 5.01 Å². The van der Waals surface area contributed by atoms with E-state index in [1.807, 2.05) is 0 Å². The highest BCUT2D eigenvalue weighted by molar-refractivity contribution is 5.66. The summed E-state index contributed by atoms with van der Waals surface area (Å²) in [5, 5.41) is -0.0556. The molecule has 11 heavy (non-hydrogen) atoms. The molecule has 66 valence electrons. The topological polar surface area (TPSA) is 55.6 Å². The maximum atomic E-state index is 11.5. The van der Waals surface area contributed by atoms with Crippen molar-refractivity contribution in [2.45, 2.75) is 6.18 Å². The van der Waals surface area contributed by atoms with E-state index >= 15 is 0 Å². The van der Waals surface area contributed by atoms with Crippen LogP contribution in [0.4, 0.5) is 18.0 Å². The molecule has 0 aliphatic heterocycles. The molecule has 4 nitrogen and oxygen atoms in total. The predicted molar refractivity (Wildman–Crippen MR) is 29.4 cm³/mol. The van der Waals surface area contributed by atoms with Gasteiger partial charge in [0.2, 0.25) is 0 Å². The van der Waals surface area contributed by atoms with Gasteiger partial charge in [-0.3, -0.25) is 0 Å². The number of nitrogens with two attached hydrogens (primary N) is 1. The van der Waals surface area contributed by atoms with Crippen LogP contribution in [0.1, 0.15) is 0 Å². The van der Waals surface area contributed by atoms with Crippen molar-refractivity contribution in [1.29, 1.82) is 0 Å². The first-order valence-corrected chi connectivity index (χ1v) is 2.54. The number of hydrogen-bond acceptors (Lipinski definition) is 3. The first-order chi connectivity index (χ1) is 4.87. The number of methoxy groups -OCH3 is 1. The smallest absolute Gasteiger partial charge is 0.424 e. The van der Waals surface area contributed by atoms with Gasteiger partial charge in [-0.15, -0.1) is 0 Å². The van der Waals surface area contributed by atoms with Gasteiger partial charge in [-0.1, -0.05) is 0 Å². The van der Waals surface area contributed by atoms with Crippen molar-refractivity contribution in [3.63, 3.8) is 0 Å². The van der Waals surface area contributed by atoms with Crippen LogP contribution in [0.3, 0.4) is 0 Å². The van der Waals surface area contributed by atoms with E-state index in [0.717, 1.165) is 7.11 Å². The summed E-state index contributed by atoms with van der Waals surface area (Å²) in [5.41, 5.74) is 0. The summed E-state index contributed by atoms with van der Waals surface area (Å²) in [6.45, 7) is -1.51. The third-order valence-corrected chi connectivity index (χ3v) is 0.759. The molecular formula is C4H7F3N2O2. The molecule has 0 unspecified atom stereocenters. The predicted octanol–water partition coefficient (Wildman–Crippen LogP) is 0.491. The van der Waals surface area contributed by atoms with Gasteiger partial charge in [0, 0.05) is 0 Å². The van der Waals surface area contributed by atoms with Crippen molar-refractivity contribution >= 4 is 6.09 Å². The molecule has 0 radical (unpaired) electrons. The first kappa shape index (κ1) is 10.0. The lowest BCUT2D eigenvalue weighted by Gasteiger charge is -2.16. The summed E-state index contributed by atoms with van der Waals surface area (Å²) >= 11 is 0. The molecule has 2 N–H and O–H groups in total. The van der Waals surface area contributed by atoms with E-state index < -0.39 is 18.8 Å². The zero-order valence-electron chi connectivity index (χ0n) is 5.68. The minimum absolute atomic E-state index is 0.0556. The zero-order valence-corrected chi connectivity index (χ0v) is 5.68. The van der Waals surface area contributed by atoms with E-state index in [1.165, 1.54) is 0 Å². The molecule has 0 heterocycles. The number of alkyl halides is 3. The van der Waals surface area contributed by atoms with E-state index in [2.05, 4.69) is 10.6 Å². The number of rotatable bonds is 1. The number of hydrazine groups is 1. The number of halogens is 3. The molecule has 0 saturated heterocycles. The van der Waals surface area contributed by atoms with Crippen molar-refractivity contribution < 1.29 is 22.7 Å². The van der Waals surface area contributed by atoms with Crippen molar-refractivity contribution in [2.24, 2.45) is 5.84 Å². The molecule has 0 aromatic rings. The van der Waals surface area contributed by atoms with E-state index in [1.54, 1.807) is 0 Å². The number of ether oxygens (including phenoxy) is 1. The molecule has 0 bridgehead atoms. The quantitative estimate of drug-likeness (QED) is 0.355. The zero-order chi connectivity index (χ0) is 9.07. The minimum atomic E-state index is -4.50. The number of nitrogens with zero attached hydrogens (tertiary/aromatic N) is 1. The van der Waals surface area contributed by atoms with Gasteiger partial charge >= 0.3 is 12.3 Å². The number of carbonyl (C=O) groups excluding carboxylic acids is 1. The fraction of sp³-hybridized carbons (Fsp3) is 0.750. The summed E-state index contributed by atoms with van der Waals surface area (Å²) in [4.78, 5) is 10.3. The second kappa shape index (κ2) is 3.42. The molecule has 0 rings (SSSR count). The van der Waals surface area contributed by atoms with Crippen molar-refractivity contribution in [2.75, 3.05) is 13.7 Å². The van der Waals surface area contributed by atoms with Gasteiger partial charge < -0.3 is 4.74 Å². The van der Waals surface area contributed by atoms with Crippen LogP contribution < -0.4 is 5.84 Å². The molecule has 0 spiro atoms. The van der Waals surface area contributed by atoms with E-state index in [4.69, 9.17) is 0 Å². The second-order valence-corrected chi connectivity index (χ2v) is 1.71. The fourth-order valence-electron chi connectivity index (χ4n) is 0.375. The Kier molecular flexibility index (Phi) is 3.12. The third kappa shape index (κ3) is 4.43. The number of carbonyl (C=O) groups is 1. The lowest BCUT2D eigenvalue weighted by Crippen LogP contribution is -2.43. The molecule has 0 fully saturated rings. The summed E-state index contributed by atoms with van der Waals surface area (Å²) in [5.74, 6) is 4.65. The molecule has 7 heteroatoms. The van der Waals surface area contributed by atoms with Gasteiger partial charge in [0.15, 0.2) is 0 Å². The Bertz CT molecular complexity index is 147. The van der Waals surface area contributed by atoms with Crippen LogP contribution in [0.25, 0.3) is 0 Å². The standard InChI is InChI=1S/C4H7F3N2O2/c1-11-3(10)9(8)2-4(5,6)7/h2,8H2,1H3. The van der Waals surface area contributed by atoms with Crippen LogP contribution >= 0.6 is 0 Å². The molecule has 0 aromatic heterocycles. The van der Waals surface area contributed by atoms with Crippen LogP contribution in [-0.4, -0.2) is 30.9 Å². The molecule has 0 aliphatic carbocycles. The second-order valence-electron chi connectivity index (χ2n) is 1.71. The molecule has 0 saturated carbocycles. The van der Waals surface area contributed by atoms with E-state index in [0.29, 0.717) is 0 Å². The number of hydrogen-bond donors (Lipinski definition) is 1. The van der Waals surface area contributed by atoms with Gasteiger partial charge in [-0.05, 0) is 0 Å². The van der Waals surface area contributed by atoms with Gasteiger partial charge in [0.25, 0.3) is 0 Å². The number of amides is 1. The first-order valence-electron chi connectivity index (χ1n) is 2.54. The average Bonchev–Trinajstić information content (AvgIpc) is 1.82. The summed E-state index contributed by atoms with van der Waals surface area (Å²) < 4.78 is 38.3. The van der Waals surface area contributed by atoms with Gasteiger partial charge in [0.05, 0.1) is 7.11 Å². The van der Waals surface area contributed by atoms with Crippen molar-refractivity contribution in [3.8, 4) is 0 Å². The lowest BCUT2D eigenvalue weighted by molar-refractivity contribution is -0.142. The maximum absolute atomic E-state index is 11.5. The Morgan fingerprint density at radius 3 is 2.36 bits per heavy atom. The Morgan fingerprint density at radius 1 is 1.64 bits per heavy atom. The summed E-state index contributed by atoms with van der Waals surface area (Å²) in [6.07, 6.45) is -5.72.